The second-order valence-electron chi connectivity index (χ2n) is 6.39. The number of carbonyl (C=O) groups excluding carboxylic acids is 1. The molecule has 0 aliphatic rings. The summed E-state index contributed by atoms with van der Waals surface area (Å²) in [5, 5.41) is 5.85. The number of nitrogens with zero attached hydrogens (tertiary/aromatic N) is 4. The van der Waals surface area contributed by atoms with Crippen molar-refractivity contribution in [3.63, 3.8) is 0 Å². The van der Waals surface area contributed by atoms with E-state index in [0.29, 0.717) is 52.3 Å². The molecule has 3 rings (SSSR count). The molecule has 10 nitrogen and oxygen atoms in total. The van der Waals surface area contributed by atoms with Crippen LogP contribution in [0.1, 0.15) is 13.3 Å². The van der Waals surface area contributed by atoms with E-state index >= 15 is 0 Å². The Balaban J connectivity index is 1.86. The summed E-state index contributed by atoms with van der Waals surface area (Å²) in [6, 6.07) is 6.54. The summed E-state index contributed by atoms with van der Waals surface area (Å²) in [6.07, 6.45) is 2.38. The van der Waals surface area contributed by atoms with Crippen LogP contribution in [0, 0.1) is 0 Å². The minimum absolute atomic E-state index is 0.354. The number of methoxy groups -OCH3 is 3. The van der Waals surface area contributed by atoms with Gasteiger partial charge in [-0.2, -0.15) is 0 Å². The highest BCUT2D eigenvalue weighted by Gasteiger charge is 2.14. The van der Waals surface area contributed by atoms with Gasteiger partial charge in [-0.3, -0.25) is 9.62 Å². The van der Waals surface area contributed by atoms with Crippen LogP contribution in [0.2, 0.25) is 0 Å². The molecule has 0 aliphatic heterocycles. The molecule has 0 spiro atoms. The van der Waals surface area contributed by atoms with Crippen molar-refractivity contribution < 1.29 is 19.0 Å². The van der Waals surface area contributed by atoms with Crippen LogP contribution in [-0.4, -0.2) is 53.2 Å². The minimum atomic E-state index is -0.364. The largest absolute Gasteiger partial charge is 0.493 e. The summed E-state index contributed by atoms with van der Waals surface area (Å²) in [5.74, 6) is 2.31. The Bertz CT molecular complexity index is 1060. The number of fused-ring (bicyclic) bond motifs is 1. The van der Waals surface area contributed by atoms with Gasteiger partial charge in [0.1, 0.15) is 11.3 Å². The molecule has 0 atom stereocenters. The number of ether oxygens (including phenoxy) is 3. The lowest BCUT2D eigenvalue weighted by Gasteiger charge is -2.15. The Morgan fingerprint density at radius 3 is 2.35 bits per heavy atom. The smallest absolute Gasteiger partial charge is 0.332 e. The topological polar surface area (TPSA) is 111 Å². The van der Waals surface area contributed by atoms with E-state index in [1.165, 1.54) is 4.31 Å². The van der Waals surface area contributed by atoms with E-state index in [9.17, 15) is 4.79 Å². The number of benzene rings is 1. The Labute approximate surface area is 185 Å². The van der Waals surface area contributed by atoms with Crippen LogP contribution in [0.15, 0.2) is 30.5 Å². The number of hydrogen-bond donors (Lipinski definition) is 3. The van der Waals surface area contributed by atoms with Gasteiger partial charge < -0.3 is 19.5 Å². The van der Waals surface area contributed by atoms with Crippen molar-refractivity contribution in [2.75, 3.05) is 38.5 Å². The molecule has 3 aromatic rings. The normalized spacial score (nSPS) is 10.5. The molecule has 0 radical (unpaired) electrons. The van der Waals surface area contributed by atoms with Crippen molar-refractivity contribution in [3.8, 4) is 17.2 Å². The molecule has 2 amide bonds. The molecule has 0 unspecified atom stereocenters. The number of anilines is 3. The zero-order valence-electron chi connectivity index (χ0n) is 17.7. The van der Waals surface area contributed by atoms with Crippen molar-refractivity contribution in [3.05, 3.63) is 30.5 Å². The number of amides is 2. The van der Waals surface area contributed by atoms with Gasteiger partial charge in [-0.15, -0.1) is 0 Å². The molecule has 0 saturated carbocycles. The Morgan fingerprint density at radius 1 is 1.06 bits per heavy atom. The predicted octanol–water partition coefficient (Wildman–Crippen LogP) is 3.88. The van der Waals surface area contributed by atoms with Gasteiger partial charge in [0.25, 0.3) is 0 Å². The summed E-state index contributed by atoms with van der Waals surface area (Å²) in [4.78, 5) is 25.4. The van der Waals surface area contributed by atoms with Crippen LogP contribution in [0.3, 0.4) is 0 Å². The third-order valence-corrected chi connectivity index (χ3v) is 4.63. The molecule has 164 valence electrons. The van der Waals surface area contributed by atoms with Gasteiger partial charge in [0.15, 0.2) is 23.0 Å². The van der Waals surface area contributed by atoms with Crippen LogP contribution in [0.5, 0.6) is 17.2 Å². The van der Waals surface area contributed by atoms with E-state index in [2.05, 4.69) is 38.4 Å². The summed E-state index contributed by atoms with van der Waals surface area (Å²) in [7, 11) is 4.63. The fraction of sp³-hybridized carbons (Fsp3) is 0.300. The highest BCUT2D eigenvalue weighted by atomic mass is 32.1. The van der Waals surface area contributed by atoms with Gasteiger partial charge in [0, 0.05) is 24.4 Å². The molecule has 1 aromatic carbocycles. The monoisotopic (exact) mass is 444 g/mol. The van der Waals surface area contributed by atoms with E-state index < -0.39 is 0 Å². The van der Waals surface area contributed by atoms with Crippen LogP contribution < -0.4 is 24.8 Å². The molecular formula is C20H24N6O4S. The van der Waals surface area contributed by atoms with E-state index in [4.69, 9.17) is 14.2 Å². The maximum Gasteiger partial charge on any atom is 0.332 e. The van der Waals surface area contributed by atoms with Crippen LogP contribution in [0.25, 0.3) is 11.2 Å². The van der Waals surface area contributed by atoms with Gasteiger partial charge in [-0.25, -0.2) is 19.7 Å². The first-order valence-electron chi connectivity index (χ1n) is 9.47. The van der Waals surface area contributed by atoms with E-state index in [1.54, 1.807) is 51.8 Å². The number of thiol groups is 1. The van der Waals surface area contributed by atoms with Gasteiger partial charge in [0.2, 0.25) is 5.75 Å². The van der Waals surface area contributed by atoms with Crippen LogP contribution in [0.4, 0.5) is 22.1 Å². The zero-order chi connectivity index (χ0) is 22.4. The molecule has 0 bridgehead atoms. The predicted molar refractivity (Wildman–Crippen MR) is 122 cm³/mol. The lowest BCUT2D eigenvalue weighted by atomic mass is 10.2. The maximum atomic E-state index is 12.1. The van der Waals surface area contributed by atoms with Crippen molar-refractivity contribution in [1.29, 1.82) is 0 Å². The molecule has 0 saturated heterocycles. The first-order valence-corrected chi connectivity index (χ1v) is 9.87. The molecule has 0 fully saturated rings. The fourth-order valence-corrected chi connectivity index (χ4v) is 3.07. The zero-order valence-corrected chi connectivity index (χ0v) is 18.6. The Hall–Kier alpha value is -3.47. The Morgan fingerprint density at radius 2 is 1.74 bits per heavy atom. The molecule has 11 heteroatoms. The van der Waals surface area contributed by atoms with Gasteiger partial charge in [0.05, 0.1) is 27.5 Å². The third kappa shape index (κ3) is 5.18. The number of pyridine rings is 1. The lowest BCUT2D eigenvalue weighted by molar-refractivity contribution is 0.239. The van der Waals surface area contributed by atoms with Gasteiger partial charge >= 0.3 is 6.03 Å². The maximum absolute atomic E-state index is 12.1. The standard InChI is InChI=1S/C20H24N6O4S/c1-5-8-26(31)20(27)25-16-7-6-13-19(23-16)24-17(11-21-13)22-12-9-14(28-2)18(30-4)15(10-12)29-3/h6-7,9-11,31H,5,8H2,1-4H3,(H2,22,23,24,25,27). The first kappa shape index (κ1) is 22.2. The summed E-state index contributed by atoms with van der Waals surface area (Å²) < 4.78 is 17.4. The number of aromatic nitrogens is 3. The third-order valence-electron chi connectivity index (χ3n) is 4.25. The lowest BCUT2D eigenvalue weighted by Crippen LogP contribution is -2.28. The van der Waals surface area contributed by atoms with Crippen molar-refractivity contribution in [2.45, 2.75) is 13.3 Å². The first-order chi connectivity index (χ1) is 15.0. The molecule has 0 aliphatic carbocycles. The quantitative estimate of drug-likeness (QED) is 0.449. The van der Waals surface area contributed by atoms with Gasteiger partial charge in [-0.1, -0.05) is 19.7 Å². The van der Waals surface area contributed by atoms with Crippen molar-refractivity contribution >= 4 is 47.3 Å². The van der Waals surface area contributed by atoms with Crippen LogP contribution in [-0.2, 0) is 0 Å². The molecule has 2 heterocycles. The number of carbonyl (C=O) groups is 1. The van der Waals surface area contributed by atoms with E-state index in [0.717, 1.165) is 6.42 Å². The molecule has 31 heavy (non-hydrogen) atoms. The number of hydrogen-bond acceptors (Lipinski definition) is 9. The average Bonchev–Trinajstić information content (AvgIpc) is 2.78. The molecule has 2 aromatic heterocycles. The van der Waals surface area contributed by atoms with E-state index in [-0.39, 0.29) is 6.03 Å². The average molecular weight is 445 g/mol. The highest BCUT2D eigenvalue weighted by Crippen LogP contribution is 2.40. The summed E-state index contributed by atoms with van der Waals surface area (Å²) in [5.41, 5.74) is 1.62. The highest BCUT2D eigenvalue weighted by molar-refractivity contribution is 7.78. The summed E-state index contributed by atoms with van der Waals surface area (Å²) in [6.45, 7) is 2.48. The summed E-state index contributed by atoms with van der Waals surface area (Å²) >= 11 is 4.15. The van der Waals surface area contributed by atoms with Gasteiger partial charge in [-0.05, 0) is 18.6 Å². The minimum Gasteiger partial charge on any atom is -0.493 e. The van der Waals surface area contributed by atoms with Crippen LogP contribution >= 0.6 is 12.8 Å². The molecular weight excluding hydrogens is 420 g/mol. The van der Waals surface area contributed by atoms with Crippen molar-refractivity contribution in [2.24, 2.45) is 0 Å². The molecule has 2 N–H and O–H groups in total. The van der Waals surface area contributed by atoms with E-state index in [1.807, 2.05) is 6.92 Å². The van der Waals surface area contributed by atoms with Crippen molar-refractivity contribution in [1.82, 2.24) is 19.3 Å². The SMILES string of the molecule is CCCN(S)C(=O)Nc1ccc2ncc(Nc3cc(OC)c(OC)c(OC)c3)nc2n1. The number of urea groups is 1. The number of rotatable bonds is 8. The second kappa shape index (κ2) is 10.0. The second-order valence-corrected chi connectivity index (χ2v) is 6.87. The Kier molecular flexibility index (Phi) is 7.19. The number of nitrogens with one attached hydrogen (secondary N) is 2. The fourth-order valence-electron chi connectivity index (χ4n) is 2.82.